The number of benzene rings is 5. The van der Waals surface area contributed by atoms with Gasteiger partial charge in [0, 0.05) is 40.1 Å². The molecule has 0 fully saturated rings. The van der Waals surface area contributed by atoms with Crippen molar-refractivity contribution < 1.29 is 25.8 Å². The molecular weight excluding hydrogens is 860 g/mol. The second-order valence-corrected chi connectivity index (χ2v) is 15.1. The summed E-state index contributed by atoms with van der Waals surface area (Å²) in [6.45, 7) is 17.5. The smallest absolute Gasteiger partial charge is 0.509 e. The Morgan fingerprint density at radius 3 is 1.96 bits per heavy atom. The van der Waals surface area contributed by atoms with Crippen LogP contribution < -0.4 is 4.74 Å². The Hall–Kier alpha value is -5.52. The molecule has 0 aliphatic heterocycles. The van der Waals surface area contributed by atoms with Crippen molar-refractivity contribution in [3.8, 4) is 28.7 Å². The van der Waals surface area contributed by atoms with E-state index in [-0.39, 0.29) is 21.1 Å². The van der Waals surface area contributed by atoms with Gasteiger partial charge in [-0.3, -0.25) is 0 Å². The molecule has 9 aromatic rings. The zero-order valence-electron chi connectivity index (χ0n) is 32.3. The molecule has 0 aliphatic carbocycles. The van der Waals surface area contributed by atoms with Crippen molar-refractivity contribution in [2.45, 2.75) is 67.2 Å². The third kappa shape index (κ3) is 6.06. The van der Waals surface area contributed by atoms with Crippen LogP contribution in [0.2, 0.25) is 0 Å². The number of aromatic nitrogens is 6. The molecule has 0 unspecified atom stereocenters. The van der Waals surface area contributed by atoms with Gasteiger partial charge in [-0.25, -0.2) is 9.67 Å². The molecule has 8 heteroatoms. The van der Waals surface area contributed by atoms with E-state index in [2.05, 4.69) is 140 Å². The summed E-state index contributed by atoms with van der Waals surface area (Å²) in [4.78, 5) is 5.01. The summed E-state index contributed by atoms with van der Waals surface area (Å²) < 4.78 is 12.9. The average molecular weight is 902 g/mol. The molecule has 0 aliphatic rings. The third-order valence-electron chi connectivity index (χ3n) is 10.8. The van der Waals surface area contributed by atoms with Crippen LogP contribution in [0, 0.1) is 39.8 Å². The van der Waals surface area contributed by atoms with E-state index in [1.807, 2.05) is 44.3 Å². The van der Waals surface area contributed by atoms with Crippen LogP contribution in [0.3, 0.4) is 0 Å². The summed E-state index contributed by atoms with van der Waals surface area (Å²) in [5.41, 5.74) is 13.3. The Balaban J connectivity index is 0.00000427. The van der Waals surface area contributed by atoms with Crippen LogP contribution in [-0.2, 0) is 21.1 Å². The van der Waals surface area contributed by atoms with Crippen LogP contribution in [0.15, 0.2) is 97.2 Å². The zero-order valence-corrected chi connectivity index (χ0v) is 34.6. The SMILES string of the molecule is Cc1nnn(-c2[c-]c(Oc3[c-]c4c(cc3)c3ccccc3n4-c3cc(-n4c5c(C)cc(C(C)C)cc5c5cc(C(C)C)cc(C)c54)ccn3)ccc2)c1C.[Pt+2]. The molecule has 0 N–H and O–H groups in total. The van der Waals surface area contributed by atoms with Gasteiger partial charge in [-0.1, -0.05) is 68.8 Å². The van der Waals surface area contributed by atoms with Crippen molar-refractivity contribution in [3.63, 3.8) is 0 Å². The summed E-state index contributed by atoms with van der Waals surface area (Å²) in [5, 5.41) is 13.3. The minimum atomic E-state index is 0. The largest absolute Gasteiger partial charge is 2.00 e. The fourth-order valence-corrected chi connectivity index (χ4v) is 7.87. The van der Waals surface area contributed by atoms with Crippen LogP contribution in [-0.4, -0.2) is 29.1 Å². The average Bonchev–Trinajstić information content (AvgIpc) is 3.80. The summed E-state index contributed by atoms with van der Waals surface area (Å²) in [7, 11) is 0. The van der Waals surface area contributed by atoms with Crippen molar-refractivity contribution in [2.24, 2.45) is 0 Å². The quantitative estimate of drug-likeness (QED) is 0.150. The molecule has 0 saturated heterocycles. The van der Waals surface area contributed by atoms with Crippen molar-refractivity contribution in [1.29, 1.82) is 0 Å². The monoisotopic (exact) mass is 901 g/mol. The molecule has 0 spiro atoms. The normalized spacial score (nSPS) is 11.8. The summed E-state index contributed by atoms with van der Waals surface area (Å²) in [5.74, 6) is 2.81. The minimum absolute atomic E-state index is 0. The summed E-state index contributed by atoms with van der Waals surface area (Å²) in [6, 6.07) is 39.1. The fourth-order valence-electron chi connectivity index (χ4n) is 7.87. The van der Waals surface area contributed by atoms with Crippen molar-refractivity contribution in [3.05, 3.63) is 143 Å². The van der Waals surface area contributed by atoms with E-state index in [4.69, 9.17) is 9.72 Å². The standard InChI is InChI=1S/C47H42N6O.Pt/c1-27(2)33-20-29(5)46-41(22-33)42-23-34(28(3)4)21-30(6)47(42)51(46)35-18-19-48-45(25-35)52-43-15-10-9-14-39(43)40-17-16-38(26-44(40)52)54-37-13-11-12-36(24-37)53-32(8)31(7)49-50-53;/h9-23,25,27-28H,1-8H3;/q-2;+2. The number of hydrogen-bond acceptors (Lipinski definition) is 4. The predicted octanol–water partition coefficient (Wildman–Crippen LogP) is 11.7. The molecule has 0 radical (unpaired) electrons. The van der Waals surface area contributed by atoms with Crippen LogP contribution >= 0.6 is 0 Å². The topological polar surface area (TPSA) is 62.7 Å². The van der Waals surface area contributed by atoms with Gasteiger partial charge in [0.05, 0.1) is 28.1 Å². The van der Waals surface area contributed by atoms with E-state index < -0.39 is 0 Å². The third-order valence-corrected chi connectivity index (χ3v) is 10.8. The van der Waals surface area contributed by atoms with Gasteiger partial charge in [-0.05, 0) is 97.1 Å². The van der Waals surface area contributed by atoms with E-state index in [0.717, 1.165) is 50.4 Å². The number of nitrogens with zero attached hydrogens (tertiary/aromatic N) is 6. The molecule has 0 atom stereocenters. The number of ether oxygens (including phenoxy) is 1. The molecule has 9 rings (SSSR count). The minimum Gasteiger partial charge on any atom is -0.509 e. The summed E-state index contributed by atoms with van der Waals surface area (Å²) >= 11 is 0. The van der Waals surface area contributed by atoms with Crippen molar-refractivity contribution in [1.82, 2.24) is 29.1 Å². The number of para-hydroxylation sites is 1. The van der Waals surface area contributed by atoms with E-state index in [9.17, 15) is 0 Å². The van der Waals surface area contributed by atoms with Crippen LogP contribution in [0.5, 0.6) is 11.5 Å². The number of rotatable bonds is 7. The molecule has 4 heterocycles. The first-order valence-corrected chi connectivity index (χ1v) is 18.7. The zero-order chi connectivity index (χ0) is 37.4. The first-order valence-electron chi connectivity index (χ1n) is 18.7. The molecule has 0 bridgehead atoms. The first-order chi connectivity index (χ1) is 26.1. The van der Waals surface area contributed by atoms with Gasteiger partial charge >= 0.3 is 21.1 Å². The Morgan fingerprint density at radius 2 is 1.31 bits per heavy atom. The van der Waals surface area contributed by atoms with Gasteiger partial charge in [0.2, 0.25) is 0 Å². The van der Waals surface area contributed by atoms with Crippen LogP contribution in [0.1, 0.15) is 73.2 Å². The summed E-state index contributed by atoms with van der Waals surface area (Å²) in [6.07, 6.45) is 1.92. The maximum Gasteiger partial charge on any atom is 2.00 e. The van der Waals surface area contributed by atoms with Gasteiger partial charge in [-0.2, -0.15) is 12.1 Å². The maximum atomic E-state index is 6.43. The Labute approximate surface area is 335 Å². The second kappa shape index (κ2) is 14.0. The van der Waals surface area contributed by atoms with Crippen LogP contribution in [0.4, 0.5) is 0 Å². The van der Waals surface area contributed by atoms with E-state index >= 15 is 0 Å². The molecule has 5 aromatic carbocycles. The Kier molecular flexibility index (Phi) is 9.25. The van der Waals surface area contributed by atoms with Gasteiger partial charge < -0.3 is 13.9 Å². The molecule has 0 amide bonds. The van der Waals surface area contributed by atoms with Crippen LogP contribution in [0.25, 0.3) is 60.8 Å². The van der Waals surface area contributed by atoms with Crippen molar-refractivity contribution in [2.75, 3.05) is 0 Å². The number of aryl methyl sites for hydroxylation is 3. The molecule has 0 saturated carbocycles. The van der Waals surface area contributed by atoms with Gasteiger partial charge in [-0.15, -0.1) is 40.8 Å². The molecule has 4 aromatic heterocycles. The van der Waals surface area contributed by atoms with E-state index in [0.29, 0.717) is 23.3 Å². The number of hydrogen-bond donors (Lipinski definition) is 0. The molecule has 276 valence electrons. The Bertz CT molecular complexity index is 2860. The van der Waals surface area contributed by atoms with E-state index in [1.165, 1.54) is 44.1 Å². The number of pyridine rings is 1. The van der Waals surface area contributed by atoms with Gasteiger partial charge in [0.25, 0.3) is 0 Å². The predicted molar refractivity (Wildman–Crippen MR) is 219 cm³/mol. The molecular formula is C47H42N6OPt. The number of fused-ring (bicyclic) bond motifs is 6. The Morgan fingerprint density at radius 1 is 0.636 bits per heavy atom. The van der Waals surface area contributed by atoms with Gasteiger partial charge in [0.1, 0.15) is 5.82 Å². The van der Waals surface area contributed by atoms with Crippen molar-refractivity contribution >= 4 is 43.6 Å². The maximum absolute atomic E-state index is 6.43. The fraction of sp³-hybridized carbons (Fsp3) is 0.213. The second-order valence-electron chi connectivity index (χ2n) is 15.1. The molecule has 7 nitrogen and oxygen atoms in total. The molecule has 55 heavy (non-hydrogen) atoms. The van der Waals surface area contributed by atoms with Gasteiger partial charge in [0.15, 0.2) is 0 Å². The first kappa shape index (κ1) is 36.5. The van der Waals surface area contributed by atoms with E-state index in [1.54, 1.807) is 4.68 Å².